The lowest BCUT2D eigenvalue weighted by Crippen LogP contribution is -2.35. The number of hydrogen-bond donors (Lipinski definition) is 2. The molecule has 0 spiro atoms. The molecule has 4 nitrogen and oxygen atoms in total. The first kappa shape index (κ1) is 10.1. The maximum absolute atomic E-state index is 11.0. The highest BCUT2D eigenvalue weighted by Crippen LogP contribution is 2.33. The van der Waals surface area contributed by atoms with E-state index in [1.807, 2.05) is 0 Å². The van der Waals surface area contributed by atoms with Crippen molar-refractivity contribution in [1.82, 2.24) is 5.32 Å². The molecule has 1 heterocycles. The van der Waals surface area contributed by atoms with Crippen molar-refractivity contribution in [3.63, 3.8) is 0 Å². The van der Waals surface area contributed by atoms with Crippen LogP contribution in [0.3, 0.4) is 0 Å². The Bertz CT molecular complexity index is 394. The Balaban J connectivity index is 2.28. The zero-order valence-corrected chi connectivity index (χ0v) is 8.62. The summed E-state index contributed by atoms with van der Waals surface area (Å²) in [6, 6.07) is 4.84. The first-order chi connectivity index (χ1) is 7.18. The minimum Gasteiger partial charge on any atom is -0.506 e. The summed E-state index contributed by atoms with van der Waals surface area (Å²) in [7, 11) is 0. The molecule has 0 aromatic heterocycles. The molecule has 2 N–H and O–H groups in total. The van der Waals surface area contributed by atoms with Crippen molar-refractivity contribution in [2.75, 3.05) is 6.61 Å². The summed E-state index contributed by atoms with van der Waals surface area (Å²) in [5.74, 6) is 0.0198. The Hall–Kier alpha value is -1.42. The van der Waals surface area contributed by atoms with Gasteiger partial charge >= 0.3 is 6.09 Å². The molecule has 0 aliphatic carbocycles. The van der Waals surface area contributed by atoms with E-state index in [2.05, 4.69) is 5.32 Å². The second-order valence-electron chi connectivity index (χ2n) is 3.30. The molecule has 0 unspecified atom stereocenters. The van der Waals surface area contributed by atoms with E-state index >= 15 is 0 Å². The number of carbonyl (C=O) groups is 1. The van der Waals surface area contributed by atoms with Crippen molar-refractivity contribution in [3.05, 3.63) is 28.8 Å². The van der Waals surface area contributed by atoms with E-state index in [1.165, 1.54) is 0 Å². The summed E-state index contributed by atoms with van der Waals surface area (Å²) in [6.45, 7) is 0.350. The Kier molecular flexibility index (Phi) is 2.68. The smallest absolute Gasteiger partial charge is 0.407 e. The number of alkyl carbamates (subject to hydrolysis) is 1. The van der Waals surface area contributed by atoms with Crippen LogP contribution in [0.4, 0.5) is 4.79 Å². The number of nitrogens with one attached hydrogen (secondary N) is 1. The molecule has 0 radical (unpaired) electrons. The van der Waals surface area contributed by atoms with Crippen LogP contribution in [0.5, 0.6) is 5.75 Å². The van der Waals surface area contributed by atoms with Crippen molar-refractivity contribution >= 4 is 17.7 Å². The fourth-order valence-electron chi connectivity index (χ4n) is 1.57. The fourth-order valence-corrected chi connectivity index (χ4v) is 1.75. The van der Waals surface area contributed by atoms with Gasteiger partial charge in [-0.1, -0.05) is 23.7 Å². The van der Waals surface area contributed by atoms with Crippen molar-refractivity contribution < 1.29 is 14.6 Å². The summed E-state index contributed by atoms with van der Waals surface area (Å²) in [5.41, 5.74) is 0.624. The van der Waals surface area contributed by atoms with Gasteiger partial charge in [0.25, 0.3) is 0 Å². The molecule has 1 amide bonds. The molecule has 2 rings (SSSR count). The maximum Gasteiger partial charge on any atom is 0.407 e. The highest BCUT2D eigenvalue weighted by molar-refractivity contribution is 6.32. The number of phenols is 1. The Morgan fingerprint density at radius 1 is 1.53 bits per heavy atom. The third kappa shape index (κ3) is 1.99. The largest absolute Gasteiger partial charge is 0.506 e. The average molecular weight is 228 g/mol. The number of benzene rings is 1. The molecule has 1 aliphatic rings. The third-order valence-corrected chi connectivity index (χ3v) is 2.63. The number of hydrogen-bond acceptors (Lipinski definition) is 3. The maximum atomic E-state index is 11.0. The normalized spacial score (nSPS) is 20.6. The summed E-state index contributed by atoms with van der Waals surface area (Å²) < 4.78 is 4.74. The average Bonchev–Trinajstić information content (AvgIpc) is 2.22. The predicted octanol–water partition coefficient (Wildman–Crippen LogP) is 2.22. The molecule has 1 saturated heterocycles. The van der Waals surface area contributed by atoms with Crippen LogP contribution in [-0.2, 0) is 4.74 Å². The van der Waals surface area contributed by atoms with Gasteiger partial charge < -0.3 is 15.2 Å². The van der Waals surface area contributed by atoms with E-state index < -0.39 is 6.09 Å². The Morgan fingerprint density at radius 3 is 3.07 bits per heavy atom. The number of ether oxygens (including phenoxy) is 1. The highest BCUT2D eigenvalue weighted by atomic mass is 35.5. The second kappa shape index (κ2) is 3.98. The van der Waals surface area contributed by atoms with Crippen LogP contribution in [0.1, 0.15) is 18.0 Å². The van der Waals surface area contributed by atoms with Crippen LogP contribution in [-0.4, -0.2) is 17.8 Å². The molecule has 1 aromatic rings. The molecule has 5 heteroatoms. The molecule has 1 aromatic carbocycles. The topological polar surface area (TPSA) is 58.6 Å². The quantitative estimate of drug-likeness (QED) is 0.774. The van der Waals surface area contributed by atoms with Gasteiger partial charge in [-0.25, -0.2) is 4.79 Å². The van der Waals surface area contributed by atoms with Gasteiger partial charge in [-0.3, -0.25) is 0 Å². The number of halogens is 1. The molecular weight excluding hydrogens is 218 g/mol. The van der Waals surface area contributed by atoms with Gasteiger partial charge in [-0.2, -0.15) is 0 Å². The van der Waals surface area contributed by atoms with Crippen molar-refractivity contribution in [3.8, 4) is 5.75 Å². The molecule has 1 atom stereocenters. The van der Waals surface area contributed by atoms with Gasteiger partial charge in [0.15, 0.2) is 0 Å². The minimum absolute atomic E-state index is 0.0198. The van der Waals surface area contributed by atoms with Crippen LogP contribution < -0.4 is 5.32 Å². The number of carbonyl (C=O) groups excluding carboxylic acids is 1. The monoisotopic (exact) mass is 227 g/mol. The van der Waals surface area contributed by atoms with E-state index in [9.17, 15) is 9.90 Å². The number of cyclic esters (lactones) is 1. The fraction of sp³-hybridized carbons (Fsp3) is 0.300. The third-order valence-electron chi connectivity index (χ3n) is 2.33. The van der Waals surface area contributed by atoms with E-state index in [1.54, 1.807) is 18.2 Å². The lowest BCUT2D eigenvalue weighted by Gasteiger charge is -2.24. The van der Waals surface area contributed by atoms with Crippen LogP contribution in [0.2, 0.25) is 5.02 Å². The van der Waals surface area contributed by atoms with Gasteiger partial charge in [0, 0.05) is 12.0 Å². The number of rotatable bonds is 1. The Morgan fingerprint density at radius 2 is 2.33 bits per heavy atom. The molecule has 1 fully saturated rings. The van der Waals surface area contributed by atoms with E-state index in [-0.39, 0.29) is 16.8 Å². The highest BCUT2D eigenvalue weighted by Gasteiger charge is 2.23. The number of amides is 1. The van der Waals surface area contributed by atoms with Crippen molar-refractivity contribution in [2.45, 2.75) is 12.5 Å². The van der Waals surface area contributed by atoms with Gasteiger partial charge in [0.2, 0.25) is 0 Å². The zero-order chi connectivity index (χ0) is 10.8. The second-order valence-corrected chi connectivity index (χ2v) is 3.71. The lowest BCUT2D eigenvalue weighted by atomic mass is 10.0. The number of para-hydroxylation sites is 1. The van der Waals surface area contributed by atoms with Gasteiger partial charge in [-0.15, -0.1) is 0 Å². The van der Waals surface area contributed by atoms with Crippen molar-refractivity contribution in [2.24, 2.45) is 0 Å². The summed E-state index contributed by atoms with van der Waals surface area (Å²) in [6.07, 6.45) is 0.158. The first-order valence-corrected chi connectivity index (χ1v) is 4.97. The van der Waals surface area contributed by atoms with Gasteiger partial charge in [-0.05, 0) is 6.07 Å². The van der Waals surface area contributed by atoms with Crippen LogP contribution in [0.15, 0.2) is 18.2 Å². The van der Waals surface area contributed by atoms with Crippen LogP contribution in [0, 0.1) is 0 Å². The SMILES string of the molecule is O=C1N[C@@H](c2cccc(Cl)c2O)CCO1. The van der Waals surface area contributed by atoms with Gasteiger partial charge in [0.05, 0.1) is 17.7 Å². The molecule has 1 aliphatic heterocycles. The molecule has 80 valence electrons. The molecule has 15 heavy (non-hydrogen) atoms. The zero-order valence-electron chi connectivity index (χ0n) is 7.87. The molecule has 0 bridgehead atoms. The van der Waals surface area contributed by atoms with Crippen molar-refractivity contribution in [1.29, 1.82) is 0 Å². The summed E-state index contributed by atoms with van der Waals surface area (Å²) in [5, 5.41) is 12.6. The van der Waals surface area contributed by atoms with Crippen LogP contribution >= 0.6 is 11.6 Å². The summed E-state index contributed by atoms with van der Waals surface area (Å²) in [4.78, 5) is 11.0. The first-order valence-electron chi connectivity index (χ1n) is 4.59. The van der Waals surface area contributed by atoms with E-state index in [4.69, 9.17) is 16.3 Å². The predicted molar refractivity (Wildman–Crippen MR) is 55.0 cm³/mol. The van der Waals surface area contributed by atoms with Crippen LogP contribution in [0.25, 0.3) is 0 Å². The van der Waals surface area contributed by atoms with E-state index in [0.717, 1.165) is 0 Å². The standard InChI is InChI=1S/C10H10ClNO3/c11-7-3-1-2-6(9(7)13)8-4-5-15-10(14)12-8/h1-3,8,13H,4-5H2,(H,12,14)/t8-/m1/s1. The summed E-state index contributed by atoms with van der Waals surface area (Å²) >= 11 is 5.78. The molecule has 0 saturated carbocycles. The minimum atomic E-state index is -0.467. The number of phenolic OH excluding ortho intramolecular Hbond substituents is 1. The van der Waals surface area contributed by atoms with Gasteiger partial charge in [0.1, 0.15) is 5.75 Å². The Labute approximate surface area is 91.8 Å². The van der Waals surface area contributed by atoms with E-state index in [0.29, 0.717) is 18.6 Å². The molecular formula is C10H10ClNO3. The number of aromatic hydroxyl groups is 1. The lowest BCUT2D eigenvalue weighted by molar-refractivity contribution is 0.115.